The van der Waals surface area contributed by atoms with Crippen molar-refractivity contribution in [1.29, 1.82) is 0 Å². The Labute approximate surface area is 133 Å². The minimum absolute atomic E-state index is 0.118. The van der Waals surface area contributed by atoms with Gasteiger partial charge in [0, 0.05) is 36.3 Å². The zero-order valence-electron chi connectivity index (χ0n) is 12.7. The molecule has 0 saturated carbocycles. The summed E-state index contributed by atoms with van der Waals surface area (Å²) in [6.45, 7) is 3.88. The van der Waals surface area contributed by atoms with Gasteiger partial charge in [-0.05, 0) is 6.07 Å². The van der Waals surface area contributed by atoms with E-state index in [2.05, 4.69) is 15.0 Å². The van der Waals surface area contributed by atoms with Crippen molar-refractivity contribution in [2.45, 2.75) is 32.7 Å². The lowest BCUT2D eigenvalue weighted by atomic mass is 10.0. The monoisotopic (exact) mass is 352 g/mol. The van der Waals surface area contributed by atoms with Crippen LogP contribution in [0.1, 0.15) is 30.9 Å². The molecule has 2 aromatic heterocycles. The number of hydrogen-bond donors (Lipinski definition) is 1. The summed E-state index contributed by atoms with van der Waals surface area (Å²) in [6, 6.07) is 1.05. The predicted molar refractivity (Wildman–Crippen MR) is 74.5 cm³/mol. The van der Waals surface area contributed by atoms with Gasteiger partial charge < -0.3 is 5.73 Å². The highest BCUT2D eigenvalue weighted by atomic mass is 19.4. The van der Waals surface area contributed by atoms with Crippen molar-refractivity contribution in [2.24, 2.45) is 5.73 Å². The molecule has 0 aliphatic carbocycles. The summed E-state index contributed by atoms with van der Waals surface area (Å²) in [4.78, 5) is 9.64. The summed E-state index contributed by atoms with van der Waals surface area (Å²) in [6.07, 6.45) is -7.55. The minimum Gasteiger partial charge on any atom is -0.325 e. The molecule has 0 amide bonds. The molecule has 0 spiro atoms. The molecule has 0 radical (unpaired) electrons. The molecule has 4 nitrogen and oxygen atoms in total. The molecule has 0 atom stereocenters. The van der Waals surface area contributed by atoms with Crippen LogP contribution in [-0.4, -0.2) is 15.0 Å². The third-order valence-corrected chi connectivity index (χ3v) is 2.69. The lowest BCUT2D eigenvalue weighted by molar-refractivity contribution is -0.145. The quantitative estimate of drug-likeness (QED) is 0.828. The Balaban J connectivity index is 0.00000139. The second-order valence-electron chi connectivity index (χ2n) is 4.22. The van der Waals surface area contributed by atoms with Crippen LogP contribution in [0.15, 0.2) is 24.7 Å². The van der Waals surface area contributed by atoms with Crippen LogP contribution in [0.4, 0.5) is 26.3 Å². The van der Waals surface area contributed by atoms with Crippen LogP contribution in [0.2, 0.25) is 0 Å². The number of pyridine rings is 1. The van der Waals surface area contributed by atoms with E-state index in [0.717, 1.165) is 6.07 Å². The van der Waals surface area contributed by atoms with Gasteiger partial charge in [-0.3, -0.25) is 4.98 Å². The van der Waals surface area contributed by atoms with E-state index in [1.54, 1.807) is 0 Å². The normalized spacial score (nSPS) is 11.7. The number of nitrogens with zero attached hydrogens (tertiary/aromatic N) is 3. The van der Waals surface area contributed by atoms with Crippen LogP contribution >= 0.6 is 0 Å². The van der Waals surface area contributed by atoms with Crippen molar-refractivity contribution >= 4 is 0 Å². The fourth-order valence-corrected chi connectivity index (χ4v) is 1.69. The summed E-state index contributed by atoms with van der Waals surface area (Å²) >= 11 is 0. The van der Waals surface area contributed by atoms with E-state index in [0.29, 0.717) is 18.6 Å². The van der Waals surface area contributed by atoms with Crippen molar-refractivity contribution < 1.29 is 26.3 Å². The van der Waals surface area contributed by atoms with Crippen LogP contribution in [-0.2, 0) is 18.9 Å². The Hall–Kier alpha value is -2.23. The molecule has 132 valence electrons. The first-order valence-corrected chi connectivity index (χ1v) is 6.78. The maximum Gasteiger partial charge on any atom is 0.451 e. The van der Waals surface area contributed by atoms with Crippen molar-refractivity contribution in [3.8, 4) is 11.1 Å². The molecule has 0 saturated heterocycles. The first-order chi connectivity index (χ1) is 11.1. The smallest absolute Gasteiger partial charge is 0.325 e. The SMILES string of the molecule is CC.NCc1cc(-c2cnc(C(F)(F)F)nc2)c(C(F)(F)F)cn1. The third kappa shape index (κ3) is 4.63. The standard InChI is InChI=1S/C12H8F6N4.C2H6/c13-11(14,15)9-5-20-7(2-19)1-8(9)6-3-21-10(22-4-6)12(16,17)18;1-2/h1,3-5H,2,19H2;1-2H3. The van der Waals surface area contributed by atoms with Gasteiger partial charge >= 0.3 is 12.4 Å². The molecular formula is C14H14F6N4. The number of aromatic nitrogens is 3. The highest BCUT2D eigenvalue weighted by molar-refractivity contribution is 5.66. The van der Waals surface area contributed by atoms with Gasteiger partial charge in [0.25, 0.3) is 0 Å². The summed E-state index contributed by atoms with van der Waals surface area (Å²) in [5.74, 6) is -1.43. The minimum atomic E-state index is -4.77. The van der Waals surface area contributed by atoms with Gasteiger partial charge in [-0.25, -0.2) is 9.97 Å². The van der Waals surface area contributed by atoms with Crippen molar-refractivity contribution in [3.05, 3.63) is 41.7 Å². The van der Waals surface area contributed by atoms with Crippen molar-refractivity contribution in [3.63, 3.8) is 0 Å². The van der Waals surface area contributed by atoms with Crippen LogP contribution < -0.4 is 5.73 Å². The van der Waals surface area contributed by atoms with Crippen LogP contribution in [0.25, 0.3) is 11.1 Å². The summed E-state index contributed by atoms with van der Waals surface area (Å²) in [7, 11) is 0. The van der Waals surface area contributed by atoms with E-state index in [9.17, 15) is 26.3 Å². The predicted octanol–water partition coefficient (Wildman–Crippen LogP) is 4.06. The lowest BCUT2D eigenvalue weighted by Crippen LogP contribution is -2.12. The summed E-state index contributed by atoms with van der Waals surface area (Å²) in [5, 5.41) is 0. The number of rotatable bonds is 2. The fourth-order valence-electron chi connectivity index (χ4n) is 1.69. The molecule has 0 aliphatic rings. The van der Waals surface area contributed by atoms with Crippen LogP contribution in [0.5, 0.6) is 0 Å². The number of alkyl halides is 6. The molecule has 0 bridgehead atoms. The molecular weight excluding hydrogens is 338 g/mol. The number of nitrogens with two attached hydrogens (primary N) is 1. The maximum absolute atomic E-state index is 12.9. The molecule has 2 rings (SSSR count). The molecule has 0 fully saturated rings. The Morgan fingerprint density at radius 2 is 1.42 bits per heavy atom. The molecule has 0 aliphatic heterocycles. The second-order valence-corrected chi connectivity index (χ2v) is 4.22. The zero-order chi connectivity index (χ0) is 18.5. The van der Waals surface area contributed by atoms with E-state index in [1.165, 1.54) is 0 Å². The second kappa shape index (κ2) is 7.56. The highest BCUT2D eigenvalue weighted by Crippen LogP contribution is 2.37. The molecule has 10 heteroatoms. The average Bonchev–Trinajstić information content (AvgIpc) is 2.54. The van der Waals surface area contributed by atoms with Crippen molar-refractivity contribution in [2.75, 3.05) is 0 Å². The maximum atomic E-state index is 12.9. The molecule has 0 aromatic carbocycles. The van der Waals surface area contributed by atoms with E-state index in [1.807, 2.05) is 13.8 Å². The van der Waals surface area contributed by atoms with Gasteiger partial charge in [0.1, 0.15) is 0 Å². The van der Waals surface area contributed by atoms with E-state index < -0.39 is 23.7 Å². The van der Waals surface area contributed by atoms with Gasteiger partial charge in [-0.15, -0.1) is 0 Å². The Morgan fingerprint density at radius 1 is 0.875 bits per heavy atom. The van der Waals surface area contributed by atoms with E-state index in [4.69, 9.17) is 5.73 Å². The molecule has 24 heavy (non-hydrogen) atoms. The third-order valence-electron chi connectivity index (χ3n) is 2.69. The molecule has 0 unspecified atom stereocenters. The van der Waals surface area contributed by atoms with Crippen LogP contribution in [0, 0.1) is 0 Å². The number of halogens is 6. The van der Waals surface area contributed by atoms with Gasteiger partial charge in [-0.1, -0.05) is 13.8 Å². The summed E-state index contributed by atoms with van der Waals surface area (Å²) < 4.78 is 76.0. The van der Waals surface area contributed by atoms with Crippen molar-refractivity contribution in [1.82, 2.24) is 15.0 Å². The average molecular weight is 352 g/mol. The van der Waals surface area contributed by atoms with E-state index in [-0.39, 0.29) is 23.4 Å². The van der Waals surface area contributed by atoms with Gasteiger partial charge in [0.2, 0.25) is 5.82 Å². The van der Waals surface area contributed by atoms with E-state index >= 15 is 0 Å². The van der Waals surface area contributed by atoms with Gasteiger partial charge in [-0.2, -0.15) is 26.3 Å². The lowest BCUT2D eigenvalue weighted by Gasteiger charge is -2.13. The molecule has 2 N–H and O–H groups in total. The Morgan fingerprint density at radius 3 is 1.83 bits per heavy atom. The van der Waals surface area contributed by atoms with Crippen LogP contribution in [0.3, 0.4) is 0 Å². The first kappa shape index (κ1) is 19.8. The fraction of sp³-hybridized carbons (Fsp3) is 0.357. The largest absolute Gasteiger partial charge is 0.451 e. The first-order valence-electron chi connectivity index (χ1n) is 6.78. The van der Waals surface area contributed by atoms with Gasteiger partial charge in [0.05, 0.1) is 11.3 Å². The molecule has 2 heterocycles. The highest BCUT2D eigenvalue weighted by Gasteiger charge is 2.36. The Bertz CT molecular complexity index is 664. The van der Waals surface area contributed by atoms with Gasteiger partial charge in [0.15, 0.2) is 0 Å². The molecule has 2 aromatic rings. The topological polar surface area (TPSA) is 64.7 Å². The summed E-state index contributed by atoms with van der Waals surface area (Å²) in [5.41, 5.74) is 3.78. The Kier molecular flexibility index (Phi) is 6.24. The zero-order valence-corrected chi connectivity index (χ0v) is 12.7. The number of hydrogen-bond acceptors (Lipinski definition) is 4.